The van der Waals surface area contributed by atoms with Gasteiger partial charge in [0.05, 0.1) is 28.5 Å². The third-order valence-electron chi connectivity index (χ3n) is 3.94. The van der Waals surface area contributed by atoms with Crippen molar-refractivity contribution in [2.24, 2.45) is 0 Å². The van der Waals surface area contributed by atoms with Crippen LogP contribution in [0.15, 0.2) is 53.4 Å². The molecule has 0 saturated carbocycles. The van der Waals surface area contributed by atoms with Crippen molar-refractivity contribution < 1.29 is 21.9 Å². The lowest BCUT2D eigenvalue weighted by atomic mass is 10.2. The Balaban J connectivity index is 1.69. The molecule has 3 rings (SSSR count). The molecule has 0 spiro atoms. The molecule has 1 aliphatic rings. The molecule has 0 aromatic heterocycles. The van der Waals surface area contributed by atoms with Gasteiger partial charge in [0, 0.05) is 16.4 Å². The molecule has 10 heteroatoms. The molecule has 2 aromatic carbocycles. The minimum atomic E-state index is -3.74. The third kappa shape index (κ3) is 4.47. The molecule has 2 atom stereocenters. The van der Waals surface area contributed by atoms with E-state index in [1.807, 2.05) is 0 Å². The van der Waals surface area contributed by atoms with Crippen LogP contribution in [0.3, 0.4) is 0 Å². The summed E-state index contributed by atoms with van der Waals surface area (Å²) in [5.41, 5.74) is 0.936. The van der Waals surface area contributed by atoms with Gasteiger partial charge in [-0.15, -0.1) is 0 Å². The summed E-state index contributed by atoms with van der Waals surface area (Å²) < 4.78 is 50.1. The van der Waals surface area contributed by atoms with Gasteiger partial charge in [0.25, 0.3) is 10.0 Å². The van der Waals surface area contributed by atoms with E-state index in [1.54, 1.807) is 24.3 Å². The number of aliphatic hydroxyl groups is 1. The van der Waals surface area contributed by atoms with Crippen LogP contribution in [0, 0.1) is 0 Å². The molecule has 1 aliphatic heterocycles. The van der Waals surface area contributed by atoms with Crippen LogP contribution in [0.25, 0.3) is 0 Å². The van der Waals surface area contributed by atoms with E-state index < -0.39 is 32.0 Å². The van der Waals surface area contributed by atoms with Gasteiger partial charge in [-0.05, 0) is 48.5 Å². The minimum absolute atomic E-state index is 0.0865. The van der Waals surface area contributed by atoms with E-state index in [0.29, 0.717) is 16.4 Å². The largest absolute Gasteiger partial charge is 0.390 e. The first-order valence-electron chi connectivity index (χ1n) is 7.68. The molecule has 0 radical (unpaired) electrons. The number of benzene rings is 2. The third-order valence-corrected chi connectivity index (χ3v) is 7.30. The molecule has 0 unspecified atom stereocenters. The van der Waals surface area contributed by atoms with Gasteiger partial charge >= 0.3 is 0 Å². The van der Waals surface area contributed by atoms with E-state index in [9.17, 15) is 21.9 Å². The van der Waals surface area contributed by atoms with Crippen molar-refractivity contribution in [2.45, 2.75) is 17.0 Å². The second-order valence-corrected chi connectivity index (χ2v) is 10.3. The van der Waals surface area contributed by atoms with Crippen LogP contribution in [0.4, 0.5) is 11.4 Å². The molecule has 140 valence electrons. The molecule has 1 fully saturated rings. The molecule has 2 aromatic rings. The van der Waals surface area contributed by atoms with Crippen LogP contribution in [0.5, 0.6) is 0 Å². The average molecular weight is 417 g/mol. The minimum Gasteiger partial charge on any atom is -0.390 e. The summed E-state index contributed by atoms with van der Waals surface area (Å²) in [7, 11) is -6.98. The Morgan fingerprint density at radius 1 is 0.962 bits per heavy atom. The predicted octanol–water partition coefficient (Wildman–Crippen LogP) is 1.71. The summed E-state index contributed by atoms with van der Waals surface area (Å²) in [4.78, 5) is 0.0865. The second-order valence-electron chi connectivity index (χ2n) is 6.03. The van der Waals surface area contributed by atoms with Gasteiger partial charge in [-0.3, -0.25) is 4.72 Å². The molecule has 0 bridgehead atoms. The molecular formula is C16H17ClN2O5S2. The monoisotopic (exact) mass is 416 g/mol. The van der Waals surface area contributed by atoms with Crippen molar-refractivity contribution in [3.63, 3.8) is 0 Å². The summed E-state index contributed by atoms with van der Waals surface area (Å²) in [6.07, 6.45) is -0.969. The fourth-order valence-electron chi connectivity index (χ4n) is 2.64. The van der Waals surface area contributed by atoms with Gasteiger partial charge in [0.1, 0.15) is 0 Å². The highest BCUT2D eigenvalue weighted by Crippen LogP contribution is 2.22. The Morgan fingerprint density at radius 2 is 1.54 bits per heavy atom. The number of anilines is 2. The van der Waals surface area contributed by atoms with Crippen LogP contribution < -0.4 is 10.0 Å². The van der Waals surface area contributed by atoms with Crippen molar-refractivity contribution in [1.29, 1.82) is 0 Å². The molecule has 3 N–H and O–H groups in total. The molecule has 0 aliphatic carbocycles. The first-order valence-corrected chi connectivity index (χ1v) is 11.4. The lowest BCUT2D eigenvalue weighted by Gasteiger charge is -2.16. The van der Waals surface area contributed by atoms with Crippen LogP contribution in [0.2, 0.25) is 5.02 Å². The van der Waals surface area contributed by atoms with Gasteiger partial charge in [-0.2, -0.15) is 0 Å². The Bertz CT molecular complexity index is 990. The van der Waals surface area contributed by atoms with E-state index in [-0.39, 0.29) is 16.4 Å². The normalized spacial score (nSPS) is 22.1. The van der Waals surface area contributed by atoms with E-state index in [2.05, 4.69) is 10.0 Å². The highest BCUT2D eigenvalue weighted by atomic mass is 35.5. The van der Waals surface area contributed by atoms with Crippen molar-refractivity contribution >= 4 is 42.8 Å². The molecular weight excluding hydrogens is 400 g/mol. The Hall–Kier alpha value is -1.81. The lowest BCUT2D eigenvalue weighted by molar-refractivity contribution is 0.190. The average Bonchev–Trinajstić information content (AvgIpc) is 2.81. The quantitative estimate of drug-likeness (QED) is 0.684. The van der Waals surface area contributed by atoms with Crippen molar-refractivity contribution in [2.75, 3.05) is 21.5 Å². The first kappa shape index (κ1) is 19.0. The number of nitrogens with one attached hydrogen (secondary N) is 2. The Morgan fingerprint density at radius 3 is 2.08 bits per heavy atom. The fraction of sp³-hybridized carbons (Fsp3) is 0.250. The molecule has 1 saturated heterocycles. The van der Waals surface area contributed by atoms with Gasteiger partial charge < -0.3 is 10.4 Å². The molecule has 26 heavy (non-hydrogen) atoms. The van der Waals surface area contributed by atoms with Crippen LogP contribution in [-0.2, 0) is 19.9 Å². The summed E-state index contributed by atoms with van der Waals surface area (Å²) in [5, 5.41) is 13.2. The Kier molecular flexibility index (Phi) is 5.16. The fourth-order valence-corrected chi connectivity index (χ4v) is 5.57. The van der Waals surface area contributed by atoms with E-state index in [4.69, 9.17) is 11.6 Å². The number of hydrogen-bond donors (Lipinski definition) is 3. The lowest BCUT2D eigenvalue weighted by Crippen LogP contribution is -2.31. The van der Waals surface area contributed by atoms with Crippen LogP contribution in [0.1, 0.15) is 0 Å². The number of halogens is 1. The highest BCUT2D eigenvalue weighted by molar-refractivity contribution is 7.92. The zero-order valence-electron chi connectivity index (χ0n) is 13.5. The SMILES string of the molecule is O=S1(=O)C[C@@H](O)[C@H](Nc2ccc(NS(=O)(=O)c3ccc(Cl)cc3)cc2)C1. The summed E-state index contributed by atoms with van der Waals surface area (Å²) in [6, 6.07) is 11.5. The zero-order valence-corrected chi connectivity index (χ0v) is 15.9. The van der Waals surface area contributed by atoms with Crippen molar-refractivity contribution in [3.8, 4) is 0 Å². The van der Waals surface area contributed by atoms with Gasteiger partial charge in [0.15, 0.2) is 9.84 Å². The summed E-state index contributed by atoms with van der Waals surface area (Å²) >= 11 is 5.76. The highest BCUT2D eigenvalue weighted by Gasteiger charge is 2.36. The smallest absolute Gasteiger partial charge is 0.261 e. The summed E-state index contributed by atoms with van der Waals surface area (Å²) in [5.74, 6) is -0.400. The number of hydrogen-bond acceptors (Lipinski definition) is 6. The topological polar surface area (TPSA) is 113 Å². The number of aliphatic hydroxyl groups excluding tert-OH is 1. The standard InChI is InChI=1S/C16H17ClN2O5S2/c17-11-1-7-14(8-2-11)26(23,24)19-13-5-3-12(4-6-13)18-15-9-25(21,22)10-16(15)20/h1-8,15-16,18-20H,9-10H2/t15-,16-/m1/s1. The van der Waals surface area contributed by atoms with E-state index in [0.717, 1.165) is 0 Å². The van der Waals surface area contributed by atoms with Gasteiger partial charge in [0.2, 0.25) is 0 Å². The molecule has 0 amide bonds. The maximum absolute atomic E-state index is 12.3. The predicted molar refractivity (Wildman–Crippen MR) is 101 cm³/mol. The van der Waals surface area contributed by atoms with E-state index in [1.165, 1.54) is 24.3 Å². The Labute approximate surface area is 157 Å². The molecule has 7 nitrogen and oxygen atoms in total. The maximum Gasteiger partial charge on any atom is 0.261 e. The van der Waals surface area contributed by atoms with Crippen LogP contribution >= 0.6 is 11.6 Å². The van der Waals surface area contributed by atoms with Crippen LogP contribution in [-0.4, -0.2) is 45.6 Å². The van der Waals surface area contributed by atoms with Crippen molar-refractivity contribution in [3.05, 3.63) is 53.6 Å². The summed E-state index contributed by atoms with van der Waals surface area (Å²) in [6.45, 7) is 0. The van der Waals surface area contributed by atoms with E-state index >= 15 is 0 Å². The van der Waals surface area contributed by atoms with Gasteiger partial charge in [-0.25, -0.2) is 16.8 Å². The number of sulfone groups is 1. The van der Waals surface area contributed by atoms with Crippen molar-refractivity contribution in [1.82, 2.24) is 0 Å². The number of sulfonamides is 1. The molecule has 1 heterocycles. The second kappa shape index (κ2) is 7.07. The zero-order chi connectivity index (χ0) is 18.9. The maximum atomic E-state index is 12.3. The number of rotatable bonds is 5. The van der Waals surface area contributed by atoms with Gasteiger partial charge in [-0.1, -0.05) is 11.6 Å². The first-order chi connectivity index (χ1) is 12.1.